The molecule has 1 saturated heterocycles. The van der Waals surface area contributed by atoms with Crippen LogP contribution in [0.1, 0.15) is 34.6 Å². The second kappa shape index (κ2) is 7.81. The van der Waals surface area contributed by atoms with Crippen LogP contribution in [0.5, 0.6) is 0 Å². The lowest BCUT2D eigenvalue weighted by atomic mass is 9.96. The Balaban J connectivity index is 1.52. The van der Waals surface area contributed by atoms with E-state index in [0.717, 1.165) is 0 Å². The van der Waals surface area contributed by atoms with Crippen LogP contribution in [-0.4, -0.2) is 42.1 Å². The average molecular weight is 394 g/mol. The van der Waals surface area contributed by atoms with Crippen LogP contribution < -0.4 is 0 Å². The van der Waals surface area contributed by atoms with Crippen LogP contribution in [0.25, 0.3) is 0 Å². The van der Waals surface area contributed by atoms with Crippen molar-refractivity contribution in [3.8, 4) is 0 Å². The number of esters is 2. The summed E-state index contributed by atoms with van der Waals surface area (Å²) in [7, 11) is 0. The Morgan fingerprint density at radius 1 is 0.724 bits per heavy atom. The van der Waals surface area contributed by atoms with Gasteiger partial charge in [-0.1, -0.05) is 36.4 Å². The number of rotatable bonds is 4. The molecular weight excluding hydrogens is 372 g/mol. The smallest absolute Gasteiger partial charge is 0.338 e. The Morgan fingerprint density at radius 3 is 1.48 bits per heavy atom. The zero-order valence-corrected chi connectivity index (χ0v) is 16.2. The largest absolute Gasteiger partial charge is 0.452 e. The van der Waals surface area contributed by atoms with E-state index in [1.165, 1.54) is 0 Å². The van der Waals surface area contributed by atoms with Crippen molar-refractivity contribution in [3.63, 3.8) is 0 Å². The molecule has 0 bridgehead atoms. The predicted octanol–water partition coefficient (Wildman–Crippen LogP) is 3.53. The van der Waals surface area contributed by atoms with Crippen LogP contribution in [-0.2, 0) is 18.9 Å². The van der Waals surface area contributed by atoms with Gasteiger partial charge in [0.1, 0.15) is 24.4 Å². The molecule has 1 aliphatic carbocycles. The van der Waals surface area contributed by atoms with Crippen molar-refractivity contribution in [1.29, 1.82) is 0 Å². The molecule has 1 aliphatic heterocycles. The van der Waals surface area contributed by atoms with Crippen LogP contribution in [0.2, 0.25) is 0 Å². The minimum atomic E-state index is -0.893. The first kappa shape index (κ1) is 19.4. The third-order valence-electron chi connectivity index (χ3n) is 4.81. The maximum Gasteiger partial charge on any atom is 0.338 e. The van der Waals surface area contributed by atoms with Gasteiger partial charge >= 0.3 is 11.9 Å². The summed E-state index contributed by atoms with van der Waals surface area (Å²) in [5, 5.41) is 0. The highest BCUT2D eigenvalue weighted by atomic mass is 16.8. The van der Waals surface area contributed by atoms with Gasteiger partial charge in [0.2, 0.25) is 0 Å². The summed E-state index contributed by atoms with van der Waals surface area (Å²) in [6.45, 7) is 3.55. The first-order valence-corrected chi connectivity index (χ1v) is 9.49. The van der Waals surface area contributed by atoms with E-state index in [4.69, 9.17) is 18.9 Å². The van der Waals surface area contributed by atoms with Crippen molar-refractivity contribution in [2.45, 2.75) is 44.1 Å². The molecule has 2 aliphatic rings. The van der Waals surface area contributed by atoms with E-state index in [1.807, 2.05) is 12.1 Å². The maximum absolute atomic E-state index is 12.5. The molecule has 2 aromatic rings. The van der Waals surface area contributed by atoms with E-state index in [0.29, 0.717) is 11.1 Å². The molecule has 0 spiro atoms. The average Bonchev–Trinajstić information content (AvgIpc) is 3.07. The van der Waals surface area contributed by atoms with Crippen LogP contribution in [0, 0.1) is 0 Å². The van der Waals surface area contributed by atoms with Gasteiger partial charge in [0, 0.05) is 0 Å². The van der Waals surface area contributed by atoms with Crippen LogP contribution >= 0.6 is 0 Å². The van der Waals surface area contributed by atoms with E-state index in [-0.39, 0.29) is 0 Å². The SMILES string of the molecule is CC1(C)O[C@@H]2[C@@H](O1)[C@H](OC(=O)c1ccccc1)C=C[C@H]2OC(=O)c1ccccc1. The van der Waals surface area contributed by atoms with E-state index in [9.17, 15) is 9.59 Å². The van der Waals surface area contributed by atoms with E-state index in [2.05, 4.69) is 0 Å². The standard InChI is InChI=1S/C23H22O6/c1-23(2)28-19-17(26-21(24)15-9-5-3-6-10-15)13-14-18(20(19)29-23)27-22(25)16-11-7-4-8-12-16/h3-14,17-20H,1-2H3/t17-,18-,19+,20+/m1/s1. The lowest BCUT2D eigenvalue weighted by Crippen LogP contribution is -2.47. The molecular formula is C23H22O6. The number of ether oxygens (including phenoxy) is 4. The summed E-state index contributed by atoms with van der Waals surface area (Å²) in [4.78, 5) is 24.9. The van der Waals surface area contributed by atoms with Crippen molar-refractivity contribution in [2.24, 2.45) is 0 Å². The molecule has 0 unspecified atom stereocenters. The molecule has 0 saturated carbocycles. The molecule has 4 rings (SSSR count). The van der Waals surface area contributed by atoms with Crippen molar-refractivity contribution in [3.05, 3.63) is 83.9 Å². The minimum Gasteiger partial charge on any atom is -0.452 e. The first-order valence-electron chi connectivity index (χ1n) is 9.49. The topological polar surface area (TPSA) is 71.1 Å². The zero-order valence-electron chi connectivity index (χ0n) is 16.2. The number of fused-ring (bicyclic) bond motifs is 1. The highest BCUT2D eigenvalue weighted by molar-refractivity contribution is 5.90. The minimum absolute atomic E-state index is 0.452. The fourth-order valence-corrected chi connectivity index (χ4v) is 3.51. The van der Waals surface area contributed by atoms with Gasteiger partial charge < -0.3 is 18.9 Å². The van der Waals surface area contributed by atoms with Crippen LogP contribution in [0.4, 0.5) is 0 Å². The summed E-state index contributed by atoms with van der Waals surface area (Å²) >= 11 is 0. The number of hydrogen-bond donors (Lipinski definition) is 0. The van der Waals surface area contributed by atoms with E-state index >= 15 is 0 Å². The zero-order chi connectivity index (χ0) is 20.4. The summed E-state index contributed by atoms with van der Waals surface area (Å²) in [5.74, 6) is -1.80. The van der Waals surface area contributed by atoms with Gasteiger partial charge in [-0.15, -0.1) is 0 Å². The van der Waals surface area contributed by atoms with Crippen molar-refractivity contribution in [2.75, 3.05) is 0 Å². The summed E-state index contributed by atoms with van der Waals surface area (Å²) < 4.78 is 23.3. The second-order valence-electron chi connectivity index (χ2n) is 7.42. The Labute approximate surface area is 169 Å². The monoisotopic (exact) mass is 394 g/mol. The van der Waals surface area contributed by atoms with Gasteiger partial charge in [-0.2, -0.15) is 0 Å². The molecule has 1 heterocycles. The Morgan fingerprint density at radius 2 is 1.10 bits per heavy atom. The predicted molar refractivity (Wildman–Crippen MR) is 104 cm³/mol. The molecule has 0 amide bonds. The van der Waals surface area contributed by atoms with Gasteiger partial charge in [-0.3, -0.25) is 0 Å². The van der Waals surface area contributed by atoms with Gasteiger partial charge in [0.05, 0.1) is 11.1 Å². The highest BCUT2D eigenvalue weighted by Crippen LogP contribution is 2.37. The quantitative estimate of drug-likeness (QED) is 0.584. The maximum atomic E-state index is 12.5. The molecule has 150 valence electrons. The lowest BCUT2D eigenvalue weighted by molar-refractivity contribution is -0.156. The fraction of sp³-hybridized carbons (Fsp3) is 0.304. The Hall–Kier alpha value is -2.96. The van der Waals surface area contributed by atoms with Crippen molar-refractivity contribution in [1.82, 2.24) is 0 Å². The highest BCUT2D eigenvalue weighted by Gasteiger charge is 2.52. The number of carbonyl (C=O) groups excluding carboxylic acids is 2. The van der Waals surface area contributed by atoms with Gasteiger partial charge in [0.25, 0.3) is 0 Å². The first-order chi connectivity index (χ1) is 13.9. The molecule has 0 radical (unpaired) electrons. The molecule has 2 aromatic carbocycles. The van der Waals surface area contributed by atoms with Gasteiger partial charge in [-0.25, -0.2) is 9.59 Å². The summed E-state index contributed by atoms with van der Waals surface area (Å²) in [5.41, 5.74) is 0.904. The number of hydrogen-bond acceptors (Lipinski definition) is 6. The summed E-state index contributed by atoms with van der Waals surface area (Å²) in [6.07, 6.45) is 0.903. The lowest BCUT2D eigenvalue weighted by Gasteiger charge is -2.31. The van der Waals surface area contributed by atoms with Crippen molar-refractivity contribution >= 4 is 11.9 Å². The molecule has 29 heavy (non-hydrogen) atoms. The normalized spacial score (nSPS) is 27.1. The molecule has 0 aromatic heterocycles. The van der Waals surface area contributed by atoms with Crippen molar-refractivity contribution < 1.29 is 28.5 Å². The van der Waals surface area contributed by atoms with Crippen LogP contribution in [0.15, 0.2) is 72.8 Å². The van der Waals surface area contributed by atoms with Gasteiger partial charge in [0.15, 0.2) is 5.79 Å². The van der Waals surface area contributed by atoms with E-state index in [1.54, 1.807) is 74.5 Å². The molecule has 6 heteroatoms. The summed E-state index contributed by atoms with van der Waals surface area (Å²) in [6, 6.07) is 17.5. The fourth-order valence-electron chi connectivity index (χ4n) is 3.51. The molecule has 6 nitrogen and oxygen atoms in total. The van der Waals surface area contributed by atoms with Crippen LogP contribution in [0.3, 0.4) is 0 Å². The Kier molecular flexibility index (Phi) is 5.22. The molecule has 1 fully saturated rings. The molecule has 0 N–H and O–H groups in total. The molecule has 4 atom stereocenters. The van der Waals surface area contributed by atoms with E-state index < -0.39 is 42.1 Å². The number of carbonyl (C=O) groups is 2. The second-order valence-corrected chi connectivity index (χ2v) is 7.42. The number of benzene rings is 2. The Bertz CT molecular complexity index is 832. The third kappa shape index (κ3) is 4.23. The third-order valence-corrected chi connectivity index (χ3v) is 4.81. The van der Waals surface area contributed by atoms with Gasteiger partial charge in [-0.05, 0) is 50.3 Å².